The van der Waals surface area contributed by atoms with Gasteiger partial charge in [-0.15, -0.1) is 0 Å². The number of amides is 1. The van der Waals surface area contributed by atoms with E-state index in [1.54, 1.807) is 14.0 Å². The highest BCUT2D eigenvalue weighted by atomic mass is 32.2. The van der Waals surface area contributed by atoms with E-state index < -0.39 is 15.4 Å². The van der Waals surface area contributed by atoms with Gasteiger partial charge in [-0.3, -0.25) is 4.79 Å². The largest absolute Gasteiger partial charge is 0.358 e. The van der Waals surface area contributed by atoms with Crippen LogP contribution in [0.2, 0.25) is 0 Å². The fraction of sp³-hybridized carbons (Fsp3) is 0.533. The van der Waals surface area contributed by atoms with Crippen molar-refractivity contribution >= 4 is 15.9 Å². The molecule has 1 aliphatic heterocycles. The van der Waals surface area contributed by atoms with E-state index in [-0.39, 0.29) is 11.7 Å². The molecule has 0 aromatic heterocycles. The molecule has 0 spiro atoms. The topological polar surface area (TPSA) is 66.5 Å². The number of carbonyl (C=O) groups is 1. The number of hydrogen-bond donors (Lipinski definition) is 1. The number of sulfonamides is 1. The van der Waals surface area contributed by atoms with Crippen LogP contribution in [0.3, 0.4) is 0 Å². The summed E-state index contributed by atoms with van der Waals surface area (Å²) in [7, 11) is -1.56. The lowest BCUT2D eigenvalue weighted by molar-refractivity contribution is -0.127. The first kappa shape index (κ1) is 16.0. The number of nitrogens with one attached hydrogen (secondary N) is 1. The summed E-state index contributed by atoms with van der Waals surface area (Å²) in [4.78, 5) is 12.4. The van der Waals surface area contributed by atoms with E-state index in [2.05, 4.69) is 5.32 Å². The molecular formula is C15H22N2O3S. The van der Waals surface area contributed by atoms with Crippen molar-refractivity contribution in [2.45, 2.75) is 25.2 Å². The van der Waals surface area contributed by atoms with Crippen LogP contribution in [0.4, 0.5) is 0 Å². The maximum atomic E-state index is 12.4. The minimum atomic E-state index is -3.18. The number of nitrogens with zero attached hydrogens (tertiary/aromatic N) is 1. The van der Waals surface area contributed by atoms with Gasteiger partial charge in [-0.2, -0.15) is 0 Å². The standard InChI is InChI=1S/C15H22N2O3S/c1-3-21(19,20)17-11-9-15(10-12-17,14(18)16-2)13-7-5-4-6-8-13/h4-8H,3,9-12H2,1-2H3,(H,16,18). The van der Waals surface area contributed by atoms with E-state index in [1.165, 1.54) is 4.31 Å². The van der Waals surface area contributed by atoms with E-state index in [0.717, 1.165) is 5.56 Å². The molecule has 0 bridgehead atoms. The van der Waals surface area contributed by atoms with Gasteiger partial charge in [0, 0.05) is 20.1 Å². The van der Waals surface area contributed by atoms with Gasteiger partial charge in [-0.25, -0.2) is 12.7 Å². The van der Waals surface area contributed by atoms with Crippen LogP contribution in [-0.4, -0.2) is 44.5 Å². The highest BCUT2D eigenvalue weighted by molar-refractivity contribution is 7.89. The van der Waals surface area contributed by atoms with E-state index in [9.17, 15) is 13.2 Å². The minimum Gasteiger partial charge on any atom is -0.358 e. The quantitative estimate of drug-likeness (QED) is 0.906. The minimum absolute atomic E-state index is 0.0396. The van der Waals surface area contributed by atoms with Crippen LogP contribution < -0.4 is 5.32 Å². The van der Waals surface area contributed by atoms with Gasteiger partial charge in [0.2, 0.25) is 15.9 Å². The Morgan fingerprint density at radius 2 is 1.81 bits per heavy atom. The molecule has 0 radical (unpaired) electrons. The monoisotopic (exact) mass is 310 g/mol. The molecule has 1 heterocycles. The summed E-state index contributed by atoms with van der Waals surface area (Å²) in [5, 5.41) is 2.73. The fourth-order valence-corrected chi connectivity index (χ4v) is 4.08. The van der Waals surface area contributed by atoms with Crippen molar-refractivity contribution in [1.82, 2.24) is 9.62 Å². The zero-order valence-corrected chi connectivity index (χ0v) is 13.3. The maximum Gasteiger partial charge on any atom is 0.230 e. The Kier molecular flexibility index (Phi) is 4.68. The Hall–Kier alpha value is -1.40. The summed E-state index contributed by atoms with van der Waals surface area (Å²) in [6, 6.07) is 9.63. The zero-order chi connectivity index (χ0) is 15.5. The van der Waals surface area contributed by atoms with Crippen LogP contribution in [0.15, 0.2) is 30.3 Å². The number of rotatable bonds is 4. The van der Waals surface area contributed by atoms with Gasteiger partial charge in [-0.05, 0) is 25.3 Å². The molecule has 1 fully saturated rings. The van der Waals surface area contributed by atoms with Crippen molar-refractivity contribution in [1.29, 1.82) is 0 Å². The van der Waals surface area contributed by atoms with E-state index in [4.69, 9.17) is 0 Å². The molecule has 21 heavy (non-hydrogen) atoms. The first-order valence-electron chi connectivity index (χ1n) is 7.22. The average Bonchev–Trinajstić information content (AvgIpc) is 2.55. The second kappa shape index (κ2) is 6.15. The molecule has 116 valence electrons. The lowest BCUT2D eigenvalue weighted by Crippen LogP contribution is -2.52. The molecule has 2 rings (SSSR count). The molecule has 1 amide bonds. The molecule has 0 saturated carbocycles. The number of benzene rings is 1. The first-order valence-corrected chi connectivity index (χ1v) is 8.83. The van der Waals surface area contributed by atoms with Crippen molar-refractivity contribution in [3.05, 3.63) is 35.9 Å². The Balaban J connectivity index is 2.29. The van der Waals surface area contributed by atoms with Gasteiger partial charge in [0.15, 0.2) is 0 Å². The Morgan fingerprint density at radius 1 is 1.24 bits per heavy atom. The van der Waals surface area contributed by atoms with E-state index in [1.807, 2.05) is 30.3 Å². The van der Waals surface area contributed by atoms with Crippen molar-refractivity contribution in [2.24, 2.45) is 0 Å². The third kappa shape index (κ3) is 2.96. The van der Waals surface area contributed by atoms with Crippen molar-refractivity contribution in [2.75, 3.05) is 25.9 Å². The zero-order valence-electron chi connectivity index (χ0n) is 12.5. The molecule has 1 aromatic carbocycles. The van der Waals surface area contributed by atoms with Gasteiger partial charge < -0.3 is 5.32 Å². The number of piperidine rings is 1. The molecule has 1 saturated heterocycles. The molecule has 1 aromatic rings. The second-order valence-corrected chi connectivity index (χ2v) is 7.58. The number of likely N-dealkylation sites (N-methyl/N-ethyl adjacent to an activating group) is 1. The predicted molar refractivity (Wildman–Crippen MR) is 82.5 cm³/mol. The lowest BCUT2D eigenvalue weighted by atomic mass is 9.72. The molecule has 1 aliphatic rings. The fourth-order valence-electron chi connectivity index (χ4n) is 2.97. The highest BCUT2D eigenvalue weighted by Gasteiger charge is 2.44. The highest BCUT2D eigenvalue weighted by Crippen LogP contribution is 2.36. The molecule has 6 heteroatoms. The molecular weight excluding hydrogens is 288 g/mol. The van der Waals surface area contributed by atoms with Crippen molar-refractivity contribution in [3.63, 3.8) is 0 Å². The van der Waals surface area contributed by atoms with Gasteiger partial charge in [-0.1, -0.05) is 30.3 Å². The van der Waals surface area contributed by atoms with Crippen molar-refractivity contribution in [3.8, 4) is 0 Å². The van der Waals surface area contributed by atoms with E-state index in [0.29, 0.717) is 25.9 Å². The average molecular weight is 310 g/mol. The van der Waals surface area contributed by atoms with E-state index >= 15 is 0 Å². The smallest absolute Gasteiger partial charge is 0.230 e. The lowest BCUT2D eigenvalue weighted by Gasteiger charge is -2.40. The number of carbonyl (C=O) groups excluding carboxylic acids is 1. The van der Waals surface area contributed by atoms with Gasteiger partial charge in [0.05, 0.1) is 11.2 Å². The SMILES string of the molecule is CCS(=O)(=O)N1CCC(C(=O)NC)(c2ccccc2)CC1. The normalized spacial score (nSPS) is 19.1. The molecule has 0 unspecified atom stereocenters. The Bertz CT molecular complexity index is 591. The van der Waals surface area contributed by atoms with Crippen molar-refractivity contribution < 1.29 is 13.2 Å². The van der Waals surface area contributed by atoms with Gasteiger partial charge in [0.25, 0.3) is 0 Å². The summed E-state index contributed by atoms with van der Waals surface area (Å²) in [6.45, 7) is 2.42. The van der Waals surface area contributed by atoms with Crippen LogP contribution in [0.1, 0.15) is 25.3 Å². The number of hydrogen-bond acceptors (Lipinski definition) is 3. The molecule has 0 aliphatic carbocycles. The third-order valence-corrected chi connectivity index (χ3v) is 6.20. The van der Waals surface area contributed by atoms with Crippen LogP contribution >= 0.6 is 0 Å². The van der Waals surface area contributed by atoms with Crippen LogP contribution in [0.25, 0.3) is 0 Å². The molecule has 1 N–H and O–H groups in total. The third-order valence-electron chi connectivity index (χ3n) is 4.32. The summed E-state index contributed by atoms with van der Waals surface area (Å²) < 4.78 is 25.4. The maximum absolute atomic E-state index is 12.4. The Labute approximate surface area is 126 Å². The van der Waals surface area contributed by atoms with Gasteiger partial charge in [0.1, 0.15) is 0 Å². The molecule has 5 nitrogen and oxygen atoms in total. The Morgan fingerprint density at radius 3 is 2.29 bits per heavy atom. The van der Waals surface area contributed by atoms with Crippen LogP contribution in [-0.2, 0) is 20.2 Å². The summed E-state index contributed by atoms with van der Waals surface area (Å²) in [5.74, 6) is 0.0629. The summed E-state index contributed by atoms with van der Waals surface area (Å²) >= 11 is 0. The summed E-state index contributed by atoms with van der Waals surface area (Å²) in [5.41, 5.74) is 0.327. The summed E-state index contributed by atoms with van der Waals surface area (Å²) in [6.07, 6.45) is 1.02. The first-order chi connectivity index (χ1) is 9.96. The van der Waals surface area contributed by atoms with Crippen LogP contribution in [0, 0.1) is 0 Å². The van der Waals surface area contributed by atoms with Gasteiger partial charge >= 0.3 is 0 Å². The molecule has 0 atom stereocenters. The predicted octanol–water partition coefficient (Wildman–Crippen LogP) is 1.12. The second-order valence-electron chi connectivity index (χ2n) is 5.33. The van der Waals surface area contributed by atoms with Crippen LogP contribution in [0.5, 0.6) is 0 Å².